The van der Waals surface area contributed by atoms with Crippen molar-refractivity contribution >= 4 is 5.97 Å². The lowest BCUT2D eigenvalue weighted by atomic mass is 9.90. The molecule has 0 radical (unpaired) electrons. The van der Waals surface area contributed by atoms with Crippen molar-refractivity contribution in [1.82, 2.24) is 4.90 Å². The zero-order valence-corrected chi connectivity index (χ0v) is 10.7. The predicted molar refractivity (Wildman–Crippen MR) is 66.3 cm³/mol. The van der Waals surface area contributed by atoms with Gasteiger partial charge < -0.3 is 9.84 Å². The highest BCUT2D eigenvalue weighted by Crippen LogP contribution is 2.33. The second kappa shape index (κ2) is 5.19. The normalized spacial score (nSPS) is 14.4. The van der Waals surface area contributed by atoms with E-state index in [0.29, 0.717) is 17.9 Å². The van der Waals surface area contributed by atoms with Gasteiger partial charge in [0.2, 0.25) is 0 Å². The third kappa shape index (κ3) is 2.42. The summed E-state index contributed by atoms with van der Waals surface area (Å²) in [6.07, 6.45) is 0. The average molecular weight is 237 g/mol. The molecule has 4 heteroatoms. The molecule has 0 amide bonds. The molecule has 0 spiro atoms. The molecule has 0 aliphatic carbocycles. The van der Waals surface area contributed by atoms with E-state index >= 15 is 0 Å². The lowest BCUT2D eigenvalue weighted by molar-refractivity contribution is -0.149. The average Bonchev–Trinajstić information content (AvgIpc) is 2.28. The van der Waals surface area contributed by atoms with Gasteiger partial charge >= 0.3 is 5.97 Å². The van der Waals surface area contributed by atoms with Crippen LogP contribution in [0, 0.1) is 0 Å². The third-order valence-corrected chi connectivity index (χ3v) is 3.02. The lowest BCUT2D eigenvalue weighted by Crippen LogP contribution is -2.45. The van der Waals surface area contributed by atoms with E-state index in [0.717, 1.165) is 0 Å². The number of hydrogen-bond acceptors (Lipinski definition) is 3. The van der Waals surface area contributed by atoms with E-state index < -0.39 is 11.5 Å². The quantitative estimate of drug-likeness (QED) is 0.850. The van der Waals surface area contributed by atoms with E-state index in [1.54, 1.807) is 38.1 Å². The van der Waals surface area contributed by atoms with Gasteiger partial charge in [0.15, 0.2) is 0 Å². The first-order valence-electron chi connectivity index (χ1n) is 5.57. The smallest absolute Gasteiger partial charge is 0.328 e. The maximum atomic E-state index is 11.5. The summed E-state index contributed by atoms with van der Waals surface area (Å²) in [5.74, 6) is -0.275. The van der Waals surface area contributed by atoms with Crippen LogP contribution in [-0.2, 0) is 10.3 Å². The number of carboxylic acids is 1. The van der Waals surface area contributed by atoms with Crippen LogP contribution in [0.5, 0.6) is 5.75 Å². The van der Waals surface area contributed by atoms with Crippen molar-refractivity contribution in [2.24, 2.45) is 0 Å². The van der Waals surface area contributed by atoms with E-state index in [-0.39, 0.29) is 0 Å². The number of likely N-dealkylation sites (N-methyl/N-ethyl adjacent to an activating group) is 1. The molecule has 0 saturated heterocycles. The topological polar surface area (TPSA) is 49.8 Å². The molecule has 1 aromatic rings. The van der Waals surface area contributed by atoms with Crippen LogP contribution in [0.15, 0.2) is 24.3 Å². The molecule has 17 heavy (non-hydrogen) atoms. The molecule has 0 aromatic heterocycles. The molecule has 0 saturated carbocycles. The highest BCUT2D eigenvalue weighted by atomic mass is 16.5. The standard InChI is InChI=1S/C13H19NO3/c1-5-17-11-9-7-6-8-10(11)13(2,12(15)16)14(3)4/h6-9H,5H2,1-4H3,(H,15,16). The van der Waals surface area contributed by atoms with E-state index in [9.17, 15) is 9.90 Å². The van der Waals surface area contributed by atoms with Gasteiger partial charge in [-0.15, -0.1) is 0 Å². The fourth-order valence-corrected chi connectivity index (χ4v) is 1.70. The molecule has 4 nitrogen and oxygen atoms in total. The SMILES string of the molecule is CCOc1ccccc1C(C)(C(=O)O)N(C)C. The summed E-state index contributed by atoms with van der Waals surface area (Å²) in [7, 11) is 3.49. The van der Waals surface area contributed by atoms with Crippen molar-refractivity contribution in [3.05, 3.63) is 29.8 Å². The van der Waals surface area contributed by atoms with Crippen LogP contribution in [0.25, 0.3) is 0 Å². The first-order chi connectivity index (χ1) is 7.94. The van der Waals surface area contributed by atoms with Crippen LogP contribution in [-0.4, -0.2) is 36.7 Å². The van der Waals surface area contributed by atoms with E-state index in [2.05, 4.69) is 0 Å². The summed E-state index contributed by atoms with van der Waals surface area (Å²) in [6, 6.07) is 7.25. The van der Waals surface area contributed by atoms with Crippen LogP contribution >= 0.6 is 0 Å². The predicted octanol–water partition coefficient (Wildman–Crippen LogP) is 1.95. The Morgan fingerprint density at radius 1 is 1.41 bits per heavy atom. The maximum Gasteiger partial charge on any atom is 0.328 e. The van der Waals surface area contributed by atoms with Crippen molar-refractivity contribution in [3.63, 3.8) is 0 Å². The van der Waals surface area contributed by atoms with E-state index in [4.69, 9.17) is 4.74 Å². The van der Waals surface area contributed by atoms with Crippen molar-refractivity contribution < 1.29 is 14.6 Å². The second-order valence-electron chi connectivity index (χ2n) is 4.20. The number of ether oxygens (including phenoxy) is 1. The van der Waals surface area contributed by atoms with Gasteiger partial charge in [0.05, 0.1) is 6.61 Å². The van der Waals surface area contributed by atoms with E-state index in [1.807, 2.05) is 19.1 Å². The van der Waals surface area contributed by atoms with Crippen LogP contribution in [0.4, 0.5) is 0 Å². The fourth-order valence-electron chi connectivity index (χ4n) is 1.70. The first kappa shape index (κ1) is 13.5. The lowest BCUT2D eigenvalue weighted by Gasteiger charge is -2.33. The largest absolute Gasteiger partial charge is 0.494 e. The van der Waals surface area contributed by atoms with Crippen LogP contribution in [0.1, 0.15) is 19.4 Å². The van der Waals surface area contributed by atoms with Crippen molar-refractivity contribution in [2.75, 3.05) is 20.7 Å². The molecule has 0 aliphatic rings. The Morgan fingerprint density at radius 2 is 2.00 bits per heavy atom. The minimum atomic E-state index is -1.09. The fraction of sp³-hybridized carbons (Fsp3) is 0.462. The van der Waals surface area contributed by atoms with Gasteiger partial charge in [0, 0.05) is 5.56 Å². The van der Waals surface area contributed by atoms with Crippen molar-refractivity contribution in [1.29, 1.82) is 0 Å². The molecule has 94 valence electrons. The Bertz CT molecular complexity index is 403. The molecule has 0 aliphatic heterocycles. The zero-order chi connectivity index (χ0) is 13.1. The molecule has 1 rings (SSSR count). The number of nitrogens with zero attached hydrogens (tertiary/aromatic N) is 1. The minimum absolute atomic E-state index is 0.514. The number of aliphatic carboxylic acids is 1. The van der Waals surface area contributed by atoms with Crippen LogP contribution < -0.4 is 4.74 Å². The van der Waals surface area contributed by atoms with Gasteiger partial charge in [-0.25, -0.2) is 4.79 Å². The molecule has 1 atom stereocenters. The Morgan fingerprint density at radius 3 is 2.47 bits per heavy atom. The van der Waals surface area contributed by atoms with Gasteiger partial charge in [-0.2, -0.15) is 0 Å². The summed E-state index contributed by atoms with van der Waals surface area (Å²) in [6.45, 7) is 4.07. The van der Waals surface area contributed by atoms with Crippen LogP contribution in [0.3, 0.4) is 0 Å². The summed E-state index contributed by atoms with van der Waals surface area (Å²) in [5, 5.41) is 9.45. The molecule has 1 N–H and O–H groups in total. The first-order valence-corrected chi connectivity index (χ1v) is 5.57. The van der Waals surface area contributed by atoms with Crippen molar-refractivity contribution in [3.8, 4) is 5.75 Å². The van der Waals surface area contributed by atoms with Crippen LogP contribution in [0.2, 0.25) is 0 Å². The number of carboxylic acid groups (broad SMARTS) is 1. The number of benzene rings is 1. The number of rotatable bonds is 5. The number of para-hydroxylation sites is 1. The Labute approximate surface area is 102 Å². The summed E-state index contributed by atoms with van der Waals surface area (Å²) < 4.78 is 5.49. The van der Waals surface area contributed by atoms with Gasteiger partial charge in [0.1, 0.15) is 11.3 Å². The highest BCUT2D eigenvalue weighted by molar-refractivity contribution is 5.81. The number of carbonyl (C=O) groups is 1. The summed E-state index contributed by atoms with van der Waals surface area (Å²) in [5.41, 5.74) is -0.425. The Balaban J connectivity index is 3.33. The molecular weight excluding hydrogens is 218 g/mol. The number of hydrogen-bond donors (Lipinski definition) is 1. The summed E-state index contributed by atoms with van der Waals surface area (Å²) >= 11 is 0. The summed E-state index contributed by atoms with van der Waals surface area (Å²) in [4.78, 5) is 13.2. The highest BCUT2D eigenvalue weighted by Gasteiger charge is 2.39. The Hall–Kier alpha value is -1.55. The Kier molecular flexibility index (Phi) is 4.12. The van der Waals surface area contributed by atoms with Crippen molar-refractivity contribution in [2.45, 2.75) is 19.4 Å². The zero-order valence-electron chi connectivity index (χ0n) is 10.7. The van der Waals surface area contributed by atoms with E-state index in [1.165, 1.54) is 0 Å². The third-order valence-electron chi connectivity index (χ3n) is 3.02. The van der Waals surface area contributed by atoms with Gasteiger partial charge in [0.25, 0.3) is 0 Å². The molecular formula is C13H19NO3. The maximum absolute atomic E-state index is 11.5. The minimum Gasteiger partial charge on any atom is -0.494 e. The molecule has 0 fully saturated rings. The molecule has 0 heterocycles. The molecule has 1 aromatic carbocycles. The molecule has 1 unspecified atom stereocenters. The van der Waals surface area contributed by atoms with Gasteiger partial charge in [-0.05, 0) is 34.0 Å². The molecule has 0 bridgehead atoms. The van der Waals surface area contributed by atoms with Gasteiger partial charge in [-0.1, -0.05) is 18.2 Å². The monoisotopic (exact) mass is 237 g/mol. The second-order valence-corrected chi connectivity index (χ2v) is 4.20. The van der Waals surface area contributed by atoms with Gasteiger partial charge in [-0.3, -0.25) is 4.90 Å².